The lowest BCUT2D eigenvalue weighted by atomic mass is 10.3. The molecule has 0 heterocycles. The highest BCUT2D eigenvalue weighted by molar-refractivity contribution is 9.13. The second-order valence-electron chi connectivity index (χ2n) is 2.54. The number of rotatable bonds is 3. The fourth-order valence-electron chi connectivity index (χ4n) is 0.788. The van der Waals surface area contributed by atoms with E-state index in [1.165, 1.54) is 0 Å². The Morgan fingerprint density at radius 1 is 1.43 bits per heavy atom. The van der Waals surface area contributed by atoms with Gasteiger partial charge < -0.3 is 10.1 Å². The Hall–Kier alpha value is -0.550. The molecule has 0 saturated heterocycles. The van der Waals surface area contributed by atoms with Crippen LogP contribution in [-0.2, 0) is 4.79 Å². The van der Waals surface area contributed by atoms with Crippen LogP contribution in [0.25, 0.3) is 0 Å². The van der Waals surface area contributed by atoms with Gasteiger partial charge in [-0.2, -0.15) is 0 Å². The minimum Gasteiger partial charge on any atom is -0.484 e. The third-order valence-electron chi connectivity index (χ3n) is 1.54. The van der Waals surface area contributed by atoms with Crippen LogP contribution in [0.1, 0.15) is 0 Å². The zero-order valence-electron chi connectivity index (χ0n) is 7.51. The maximum Gasteiger partial charge on any atom is 0.257 e. The summed E-state index contributed by atoms with van der Waals surface area (Å²) in [6.45, 7) is 0.0323. The quantitative estimate of drug-likeness (QED) is 0.927. The summed E-state index contributed by atoms with van der Waals surface area (Å²) in [4.78, 5) is 10.9. The average molecular weight is 323 g/mol. The number of carbonyl (C=O) groups excluding carboxylic acids is 1. The van der Waals surface area contributed by atoms with Crippen LogP contribution in [0, 0.1) is 0 Å². The van der Waals surface area contributed by atoms with Crippen molar-refractivity contribution in [2.75, 3.05) is 13.7 Å². The van der Waals surface area contributed by atoms with Gasteiger partial charge in [-0.15, -0.1) is 0 Å². The van der Waals surface area contributed by atoms with E-state index in [9.17, 15) is 4.79 Å². The molecule has 0 unspecified atom stereocenters. The monoisotopic (exact) mass is 321 g/mol. The first kappa shape index (κ1) is 11.5. The van der Waals surface area contributed by atoms with Crippen LogP contribution in [0.5, 0.6) is 5.75 Å². The maximum atomic E-state index is 10.9. The number of hydrogen-bond acceptors (Lipinski definition) is 2. The molecule has 0 fully saturated rings. The normalized spacial score (nSPS) is 9.64. The molecule has 0 atom stereocenters. The number of likely N-dealkylation sites (N-methyl/N-ethyl adjacent to an activating group) is 1. The minimum absolute atomic E-state index is 0.0323. The SMILES string of the molecule is CNC(=O)COc1ccc(Br)c(Br)c1. The highest BCUT2D eigenvalue weighted by Gasteiger charge is 2.02. The minimum atomic E-state index is -0.149. The number of hydrogen-bond donors (Lipinski definition) is 1. The van der Waals surface area contributed by atoms with Crippen LogP contribution in [-0.4, -0.2) is 19.6 Å². The largest absolute Gasteiger partial charge is 0.484 e. The zero-order chi connectivity index (χ0) is 10.6. The molecule has 0 aromatic heterocycles. The van der Waals surface area contributed by atoms with Crippen LogP contribution in [0.15, 0.2) is 27.1 Å². The van der Waals surface area contributed by atoms with Gasteiger partial charge in [-0.3, -0.25) is 4.79 Å². The molecule has 0 saturated carbocycles. The van der Waals surface area contributed by atoms with Gasteiger partial charge in [-0.05, 0) is 50.1 Å². The van der Waals surface area contributed by atoms with Crippen molar-refractivity contribution in [3.8, 4) is 5.75 Å². The van der Waals surface area contributed by atoms with Crippen molar-refractivity contribution in [1.29, 1.82) is 0 Å². The van der Waals surface area contributed by atoms with E-state index < -0.39 is 0 Å². The summed E-state index contributed by atoms with van der Waals surface area (Å²) in [7, 11) is 1.57. The van der Waals surface area contributed by atoms with Gasteiger partial charge in [0.05, 0.1) is 0 Å². The van der Waals surface area contributed by atoms with Crippen molar-refractivity contribution in [3.63, 3.8) is 0 Å². The topological polar surface area (TPSA) is 38.3 Å². The van der Waals surface area contributed by atoms with Gasteiger partial charge in [0.2, 0.25) is 0 Å². The molecule has 3 nitrogen and oxygen atoms in total. The van der Waals surface area contributed by atoms with Crippen LogP contribution in [0.2, 0.25) is 0 Å². The predicted molar refractivity (Wildman–Crippen MR) is 61.4 cm³/mol. The zero-order valence-corrected chi connectivity index (χ0v) is 10.7. The fourth-order valence-corrected chi connectivity index (χ4v) is 1.39. The summed E-state index contributed by atoms with van der Waals surface area (Å²) in [6, 6.07) is 5.44. The first-order chi connectivity index (χ1) is 6.63. The molecule has 5 heteroatoms. The molecule has 0 aliphatic heterocycles. The van der Waals surface area contributed by atoms with Gasteiger partial charge in [0.25, 0.3) is 5.91 Å². The Morgan fingerprint density at radius 2 is 2.14 bits per heavy atom. The van der Waals surface area contributed by atoms with E-state index in [1.807, 2.05) is 6.07 Å². The van der Waals surface area contributed by atoms with Crippen molar-refractivity contribution in [2.24, 2.45) is 0 Å². The lowest BCUT2D eigenvalue weighted by molar-refractivity contribution is -0.122. The van der Waals surface area contributed by atoms with E-state index in [-0.39, 0.29) is 12.5 Å². The van der Waals surface area contributed by atoms with Crippen molar-refractivity contribution in [1.82, 2.24) is 5.32 Å². The number of amides is 1. The van der Waals surface area contributed by atoms with Crippen LogP contribution in [0.4, 0.5) is 0 Å². The molecule has 0 bridgehead atoms. The number of nitrogens with one attached hydrogen (secondary N) is 1. The maximum absolute atomic E-state index is 10.9. The summed E-state index contributed by atoms with van der Waals surface area (Å²) in [5.41, 5.74) is 0. The third kappa shape index (κ3) is 3.31. The van der Waals surface area contributed by atoms with Crippen molar-refractivity contribution < 1.29 is 9.53 Å². The van der Waals surface area contributed by atoms with E-state index in [0.717, 1.165) is 8.95 Å². The van der Waals surface area contributed by atoms with Gasteiger partial charge in [0, 0.05) is 16.0 Å². The predicted octanol–water partition coefficient (Wildman–Crippen LogP) is 2.34. The summed E-state index contributed by atoms with van der Waals surface area (Å²) in [6.07, 6.45) is 0. The molecule has 76 valence electrons. The van der Waals surface area contributed by atoms with Crippen LogP contribution in [0.3, 0.4) is 0 Å². The highest BCUT2D eigenvalue weighted by Crippen LogP contribution is 2.27. The average Bonchev–Trinajstić information content (AvgIpc) is 2.19. The Morgan fingerprint density at radius 3 is 2.71 bits per heavy atom. The molecular weight excluding hydrogens is 314 g/mol. The van der Waals surface area contributed by atoms with Crippen molar-refractivity contribution in [2.45, 2.75) is 0 Å². The first-order valence-electron chi connectivity index (χ1n) is 3.92. The lowest BCUT2D eigenvalue weighted by Gasteiger charge is -2.05. The van der Waals surface area contributed by atoms with Crippen LogP contribution < -0.4 is 10.1 Å². The van der Waals surface area contributed by atoms with Gasteiger partial charge in [0.15, 0.2) is 6.61 Å². The molecule has 1 aromatic rings. The van der Waals surface area contributed by atoms with Crippen molar-refractivity contribution >= 4 is 37.8 Å². The van der Waals surface area contributed by atoms with Gasteiger partial charge in [0.1, 0.15) is 5.75 Å². The van der Waals surface area contributed by atoms with Gasteiger partial charge in [-0.1, -0.05) is 0 Å². The molecule has 0 spiro atoms. The van der Waals surface area contributed by atoms with Gasteiger partial charge in [-0.25, -0.2) is 0 Å². The second-order valence-corrected chi connectivity index (χ2v) is 4.25. The van der Waals surface area contributed by atoms with E-state index in [2.05, 4.69) is 37.2 Å². The van der Waals surface area contributed by atoms with Gasteiger partial charge >= 0.3 is 0 Å². The third-order valence-corrected chi connectivity index (χ3v) is 3.42. The Bertz CT molecular complexity index is 342. The number of halogens is 2. The molecule has 1 aromatic carbocycles. The first-order valence-corrected chi connectivity index (χ1v) is 5.50. The van der Waals surface area contributed by atoms with Crippen molar-refractivity contribution in [3.05, 3.63) is 27.1 Å². The van der Waals surface area contributed by atoms with Crippen LogP contribution >= 0.6 is 31.9 Å². The van der Waals surface area contributed by atoms with E-state index in [0.29, 0.717) is 5.75 Å². The summed E-state index contributed by atoms with van der Waals surface area (Å²) >= 11 is 6.68. The molecule has 1 N–H and O–H groups in total. The summed E-state index contributed by atoms with van der Waals surface area (Å²) in [5.74, 6) is 0.507. The Labute approximate surface area is 99.1 Å². The summed E-state index contributed by atoms with van der Waals surface area (Å²) < 4.78 is 7.08. The standard InChI is InChI=1S/C9H9Br2NO2/c1-12-9(13)5-14-6-2-3-7(10)8(11)4-6/h2-4H,5H2,1H3,(H,12,13). The molecule has 14 heavy (non-hydrogen) atoms. The van der Waals surface area contributed by atoms with E-state index in [1.54, 1.807) is 19.2 Å². The second kappa shape index (κ2) is 5.36. The fraction of sp³-hybridized carbons (Fsp3) is 0.222. The summed E-state index contributed by atoms with van der Waals surface area (Å²) in [5, 5.41) is 2.48. The van der Waals surface area contributed by atoms with E-state index in [4.69, 9.17) is 4.74 Å². The number of carbonyl (C=O) groups is 1. The molecule has 1 rings (SSSR count). The smallest absolute Gasteiger partial charge is 0.257 e. The lowest BCUT2D eigenvalue weighted by Crippen LogP contribution is -2.24. The molecule has 0 aliphatic carbocycles. The molecule has 1 amide bonds. The Balaban J connectivity index is 2.60. The Kier molecular flexibility index (Phi) is 4.41. The van der Waals surface area contributed by atoms with E-state index >= 15 is 0 Å². The number of benzene rings is 1. The number of ether oxygens (including phenoxy) is 1. The molecule has 0 aliphatic rings. The molecule has 0 radical (unpaired) electrons. The highest BCUT2D eigenvalue weighted by atomic mass is 79.9. The molecular formula is C9H9Br2NO2.